The molecule has 1 aliphatic carbocycles. The summed E-state index contributed by atoms with van der Waals surface area (Å²) in [6, 6.07) is 32.1. The van der Waals surface area contributed by atoms with Crippen LogP contribution in [0, 0.1) is 0 Å². The molecule has 6 heterocycles. The highest BCUT2D eigenvalue weighted by molar-refractivity contribution is 7.96. The second-order valence-corrected chi connectivity index (χ2v) is 14.4. The van der Waals surface area contributed by atoms with Crippen LogP contribution in [-0.4, -0.2) is 34.1 Å². The van der Waals surface area contributed by atoms with Crippen molar-refractivity contribution in [2.75, 3.05) is 0 Å². The summed E-state index contributed by atoms with van der Waals surface area (Å²) in [6.45, 7) is 0. The molecule has 200 valence electrons. The lowest BCUT2D eigenvalue weighted by atomic mass is 9.68. The molecular weight excluding hydrogens is 573 g/mol. The van der Waals surface area contributed by atoms with Gasteiger partial charge in [-0.25, -0.2) is 18.9 Å². The van der Waals surface area contributed by atoms with Crippen LogP contribution < -0.4 is 18.9 Å². The number of rotatable bonds is 4. The van der Waals surface area contributed by atoms with Crippen LogP contribution in [0.1, 0.15) is 21.6 Å². The first-order chi connectivity index (χ1) is 19.8. The zero-order valence-corrected chi connectivity index (χ0v) is 24.4. The van der Waals surface area contributed by atoms with Crippen LogP contribution in [0.4, 0.5) is 0 Å². The van der Waals surface area contributed by atoms with E-state index < -0.39 is 0 Å². The Morgan fingerprint density at radius 3 is 1.32 bits per heavy atom. The van der Waals surface area contributed by atoms with Gasteiger partial charge in [0.25, 0.3) is 0 Å². The number of thiophene rings is 2. The Hall–Kier alpha value is -2.54. The smallest absolute Gasteiger partial charge is 0.0566 e. The summed E-state index contributed by atoms with van der Waals surface area (Å²) in [6.07, 6.45) is 0. The molecule has 10 heteroatoms. The minimum Gasteiger partial charge on any atom is -0.354 e. The zero-order valence-electron chi connectivity index (χ0n) is 21.2. The van der Waals surface area contributed by atoms with Crippen molar-refractivity contribution in [2.45, 2.75) is 36.0 Å². The average molecular weight is 599 g/mol. The second-order valence-electron chi connectivity index (χ2n) is 10.8. The number of fused-ring (bicyclic) bond motifs is 4. The number of aromatic nitrogens is 2. The molecular formula is C30H26N6S4. The maximum absolute atomic E-state index is 3.77. The normalized spacial score (nSPS) is 27.9. The van der Waals surface area contributed by atoms with Gasteiger partial charge in [0.15, 0.2) is 0 Å². The summed E-state index contributed by atoms with van der Waals surface area (Å²) >= 11 is 7.16. The average Bonchev–Trinajstić information content (AvgIpc) is 3.81. The Morgan fingerprint density at radius 2 is 0.900 bits per heavy atom. The topological polar surface area (TPSA) is 79.7 Å². The first-order valence-corrected chi connectivity index (χ1v) is 16.8. The highest BCUT2D eigenvalue weighted by Gasteiger charge is 2.56. The van der Waals surface area contributed by atoms with Gasteiger partial charge < -0.3 is 9.97 Å². The Kier molecular flexibility index (Phi) is 5.72. The first kappa shape index (κ1) is 24.1. The van der Waals surface area contributed by atoms with Gasteiger partial charge in [-0.15, -0.1) is 22.7 Å². The molecule has 0 amide bonds. The van der Waals surface area contributed by atoms with Crippen LogP contribution in [0.3, 0.4) is 0 Å². The van der Waals surface area contributed by atoms with Crippen molar-refractivity contribution in [2.24, 2.45) is 0 Å². The molecule has 6 aromatic rings. The second kappa shape index (κ2) is 9.50. The standard InChI is InChI=1S/C30H26N6S4/c1-3-7-17-15(5-1)13-19(31-17)21-9-11-23(37-21)25-27-29(35-39-33-27)26(30-28(25)34-40-36-30)24-12-10-22(38-24)20-14-16-6-2-4-8-18(16)32-20/h1-14,25-36H. The molecule has 1 saturated carbocycles. The molecule has 2 aliphatic heterocycles. The summed E-state index contributed by atoms with van der Waals surface area (Å²) in [5, 5.41) is 2.51. The van der Waals surface area contributed by atoms with E-state index in [4.69, 9.17) is 0 Å². The molecule has 4 atom stereocenters. The third kappa shape index (κ3) is 3.79. The fraction of sp³-hybridized carbons (Fsp3) is 0.200. The fourth-order valence-corrected chi connectivity index (χ4v) is 10.9. The van der Waals surface area contributed by atoms with Crippen LogP contribution in [0.2, 0.25) is 0 Å². The van der Waals surface area contributed by atoms with E-state index in [1.165, 1.54) is 52.7 Å². The number of aromatic amines is 2. The lowest BCUT2D eigenvalue weighted by molar-refractivity contribution is 0.227. The molecule has 0 radical (unpaired) electrons. The Morgan fingerprint density at radius 1 is 0.475 bits per heavy atom. The van der Waals surface area contributed by atoms with Crippen molar-refractivity contribution in [3.63, 3.8) is 0 Å². The SMILES string of the molecule is c1ccc2[nH]c(-c3ccc(C4C5NSNC5C(c5ccc(-c6cc7ccccc7[nH]6)s5)C5NSNC54)s3)cc2c1. The zero-order chi connectivity index (χ0) is 26.2. The number of nitrogens with one attached hydrogen (secondary N) is 6. The third-order valence-corrected chi connectivity index (χ3v) is 12.6. The maximum Gasteiger partial charge on any atom is 0.0566 e. The molecule has 3 fully saturated rings. The molecule has 9 rings (SSSR count). The van der Waals surface area contributed by atoms with E-state index in [9.17, 15) is 0 Å². The lowest BCUT2D eigenvalue weighted by Gasteiger charge is -2.44. The van der Waals surface area contributed by atoms with Crippen molar-refractivity contribution >= 4 is 68.7 Å². The summed E-state index contributed by atoms with van der Waals surface area (Å²) in [5.74, 6) is 0.708. The molecule has 0 bridgehead atoms. The minimum atomic E-state index is 0.317. The number of benzene rings is 2. The minimum absolute atomic E-state index is 0.317. The predicted molar refractivity (Wildman–Crippen MR) is 172 cm³/mol. The van der Waals surface area contributed by atoms with Crippen LogP contribution in [0.5, 0.6) is 0 Å². The molecule has 4 unspecified atom stereocenters. The highest BCUT2D eigenvalue weighted by Crippen LogP contribution is 2.50. The quantitative estimate of drug-likeness (QED) is 0.123. The van der Waals surface area contributed by atoms with Gasteiger partial charge in [0, 0.05) is 91.8 Å². The van der Waals surface area contributed by atoms with Gasteiger partial charge in [0.2, 0.25) is 0 Å². The number of H-pyrrole nitrogens is 2. The Labute approximate surface area is 248 Å². The summed E-state index contributed by atoms with van der Waals surface area (Å²) < 4.78 is 15.1. The fourth-order valence-electron chi connectivity index (χ4n) is 6.74. The van der Waals surface area contributed by atoms with Crippen molar-refractivity contribution < 1.29 is 0 Å². The van der Waals surface area contributed by atoms with Crippen molar-refractivity contribution in [1.82, 2.24) is 28.9 Å². The maximum atomic E-state index is 3.77. The largest absolute Gasteiger partial charge is 0.354 e. The van der Waals surface area contributed by atoms with Gasteiger partial charge in [-0.2, -0.15) is 0 Å². The van der Waals surface area contributed by atoms with Crippen molar-refractivity contribution in [3.8, 4) is 21.1 Å². The van der Waals surface area contributed by atoms with Crippen molar-refractivity contribution in [3.05, 3.63) is 94.7 Å². The van der Waals surface area contributed by atoms with E-state index in [0.717, 1.165) is 0 Å². The number of hydrogen-bond donors (Lipinski definition) is 6. The van der Waals surface area contributed by atoms with Crippen molar-refractivity contribution in [1.29, 1.82) is 0 Å². The van der Waals surface area contributed by atoms with Gasteiger partial charge in [-0.05, 0) is 48.5 Å². The number of hydrogen-bond acceptors (Lipinski definition) is 8. The molecule has 3 aliphatic rings. The number of para-hydroxylation sites is 2. The predicted octanol–water partition coefficient (Wildman–Crippen LogP) is 6.97. The lowest BCUT2D eigenvalue weighted by Crippen LogP contribution is -2.61. The van der Waals surface area contributed by atoms with Gasteiger partial charge in [0.05, 0.1) is 21.1 Å². The van der Waals surface area contributed by atoms with Gasteiger partial charge in [0.1, 0.15) is 0 Å². The molecule has 2 aromatic carbocycles. The van der Waals surface area contributed by atoms with Gasteiger partial charge >= 0.3 is 0 Å². The first-order valence-electron chi connectivity index (χ1n) is 13.5. The van der Waals surface area contributed by atoms with E-state index in [0.29, 0.717) is 36.0 Å². The summed E-state index contributed by atoms with van der Waals surface area (Å²) in [4.78, 5) is 12.7. The molecule has 6 N–H and O–H groups in total. The van der Waals surface area contributed by atoms with Crippen LogP contribution in [0.25, 0.3) is 42.9 Å². The molecule has 0 spiro atoms. The molecule has 40 heavy (non-hydrogen) atoms. The van der Waals surface area contributed by atoms with Gasteiger partial charge in [-0.3, -0.25) is 0 Å². The van der Waals surface area contributed by atoms with Crippen LogP contribution >= 0.6 is 46.9 Å². The van der Waals surface area contributed by atoms with E-state index >= 15 is 0 Å². The monoisotopic (exact) mass is 598 g/mol. The molecule has 2 saturated heterocycles. The van der Waals surface area contributed by atoms with E-state index in [2.05, 4.69) is 114 Å². The summed E-state index contributed by atoms with van der Waals surface area (Å²) in [7, 11) is 0. The molecule has 6 nitrogen and oxygen atoms in total. The van der Waals surface area contributed by atoms with E-state index in [-0.39, 0.29) is 0 Å². The molecule has 4 aromatic heterocycles. The van der Waals surface area contributed by atoms with E-state index in [1.54, 1.807) is 24.3 Å². The third-order valence-electron chi connectivity index (χ3n) is 8.60. The van der Waals surface area contributed by atoms with Gasteiger partial charge in [-0.1, -0.05) is 36.4 Å². The Balaban J connectivity index is 1.05. The Bertz CT molecular complexity index is 1630. The highest BCUT2D eigenvalue weighted by atomic mass is 32.2. The summed E-state index contributed by atoms with van der Waals surface area (Å²) in [5.41, 5.74) is 4.76. The van der Waals surface area contributed by atoms with Crippen LogP contribution in [0.15, 0.2) is 84.9 Å². The van der Waals surface area contributed by atoms with Crippen LogP contribution in [-0.2, 0) is 0 Å². The van der Waals surface area contributed by atoms with E-state index in [1.807, 2.05) is 22.7 Å².